The number of allylic oxidation sites excluding steroid dienone is 1. The van der Waals surface area contributed by atoms with Crippen molar-refractivity contribution in [3.05, 3.63) is 95.2 Å². The van der Waals surface area contributed by atoms with Gasteiger partial charge in [-0.2, -0.15) is 13.2 Å². The molecule has 0 fully saturated rings. The van der Waals surface area contributed by atoms with Gasteiger partial charge in [0.1, 0.15) is 5.75 Å². The minimum absolute atomic E-state index is 0.0555. The van der Waals surface area contributed by atoms with Crippen molar-refractivity contribution >= 4 is 28.6 Å². The van der Waals surface area contributed by atoms with E-state index in [1.807, 2.05) is 41.0 Å². The first-order valence-electron chi connectivity index (χ1n) is 10.8. The minimum Gasteiger partial charge on any atom is -0.497 e. The molecule has 1 amide bonds. The molecule has 178 valence electrons. The van der Waals surface area contributed by atoms with Crippen LogP contribution in [0.1, 0.15) is 24.1 Å². The molecule has 9 heteroatoms. The van der Waals surface area contributed by atoms with Gasteiger partial charge < -0.3 is 15.4 Å². The Morgan fingerprint density at radius 3 is 2.51 bits per heavy atom. The third-order valence-corrected chi connectivity index (χ3v) is 5.95. The van der Waals surface area contributed by atoms with E-state index in [0.29, 0.717) is 23.0 Å². The lowest BCUT2D eigenvalue weighted by Gasteiger charge is -2.31. The number of ether oxygens (including phenoxy) is 1. The summed E-state index contributed by atoms with van der Waals surface area (Å²) in [6.45, 7) is 1.75. The van der Waals surface area contributed by atoms with Crippen LogP contribution in [-0.4, -0.2) is 22.6 Å². The van der Waals surface area contributed by atoms with Crippen molar-refractivity contribution in [1.82, 2.24) is 9.55 Å². The first-order chi connectivity index (χ1) is 16.8. The molecule has 3 aromatic carbocycles. The van der Waals surface area contributed by atoms with Gasteiger partial charge in [-0.25, -0.2) is 4.98 Å². The summed E-state index contributed by atoms with van der Waals surface area (Å²) in [5.41, 5.74) is 2.50. The summed E-state index contributed by atoms with van der Waals surface area (Å²) in [5.74, 6) is 0.716. The van der Waals surface area contributed by atoms with Crippen molar-refractivity contribution in [2.75, 3.05) is 17.7 Å². The van der Waals surface area contributed by atoms with Crippen LogP contribution in [0.15, 0.2) is 84.1 Å². The molecule has 1 aromatic heterocycles. The fourth-order valence-electron chi connectivity index (χ4n) is 4.33. The van der Waals surface area contributed by atoms with Crippen molar-refractivity contribution in [2.24, 2.45) is 0 Å². The average Bonchev–Trinajstić information content (AvgIpc) is 3.20. The number of alkyl halides is 3. The highest BCUT2D eigenvalue weighted by molar-refractivity contribution is 6.06. The largest absolute Gasteiger partial charge is 0.497 e. The number of imidazole rings is 1. The zero-order valence-electron chi connectivity index (χ0n) is 18.9. The monoisotopic (exact) mass is 478 g/mol. The van der Waals surface area contributed by atoms with Gasteiger partial charge in [0.2, 0.25) is 5.95 Å². The van der Waals surface area contributed by atoms with E-state index in [2.05, 4.69) is 15.6 Å². The Hall–Kier alpha value is -4.27. The van der Waals surface area contributed by atoms with Crippen molar-refractivity contribution in [1.29, 1.82) is 0 Å². The maximum Gasteiger partial charge on any atom is 0.416 e. The molecule has 0 bridgehead atoms. The van der Waals surface area contributed by atoms with E-state index in [9.17, 15) is 18.0 Å². The van der Waals surface area contributed by atoms with E-state index in [0.717, 1.165) is 28.7 Å². The summed E-state index contributed by atoms with van der Waals surface area (Å²) in [5, 5.41) is 5.84. The fourth-order valence-corrected chi connectivity index (χ4v) is 4.33. The number of hydrogen-bond acceptors (Lipinski definition) is 4. The zero-order valence-corrected chi connectivity index (χ0v) is 18.9. The molecule has 0 unspecified atom stereocenters. The lowest BCUT2D eigenvalue weighted by Crippen LogP contribution is -2.31. The fraction of sp³-hybridized carbons (Fsp3) is 0.154. The number of carbonyl (C=O) groups excluding carboxylic acids is 1. The van der Waals surface area contributed by atoms with Crippen molar-refractivity contribution in [3.63, 3.8) is 0 Å². The number of aromatic nitrogens is 2. The highest BCUT2D eigenvalue weighted by Gasteiger charge is 2.35. The van der Waals surface area contributed by atoms with Crippen LogP contribution < -0.4 is 15.4 Å². The smallest absolute Gasteiger partial charge is 0.416 e. The van der Waals surface area contributed by atoms with Crippen LogP contribution in [0.5, 0.6) is 5.75 Å². The molecule has 0 aliphatic carbocycles. The van der Waals surface area contributed by atoms with E-state index in [-0.39, 0.29) is 5.69 Å². The first kappa shape index (κ1) is 22.5. The Labute approximate surface area is 199 Å². The molecule has 4 aromatic rings. The summed E-state index contributed by atoms with van der Waals surface area (Å²) >= 11 is 0. The number of amides is 1. The molecule has 5 rings (SSSR count). The predicted molar refractivity (Wildman–Crippen MR) is 127 cm³/mol. The van der Waals surface area contributed by atoms with E-state index >= 15 is 0 Å². The molecule has 0 saturated carbocycles. The first-order valence-corrected chi connectivity index (χ1v) is 10.8. The molecule has 1 aliphatic heterocycles. The molecule has 1 atom stereocenters. The van der Waals surface area contributed by atoms with Crippen molar-refractivity contribution in [2.45, 2.75) is 19.1 Å². The summed E-state index contributed by atoms with van der Waals surface area (Å²) in [6.07, 6.45) is -4.52. The molecule has 6 nitrogen and oxygen atoms in total. The van der Waals surface area contributed by atoms with Crippen LogP contribution >= 0.6 is 0 Å². The number of para-hydroxylation sites is 2. The lowest BCUT2D eigenvalue weighted by molar-refractivity contribution is -0.137. The molecule has 1 aliphatic rings. The van der Waals surface area contributed by atoms with Gasteiger partial charge in [0, 0.05) is 11.4 Å². The van der Waals surface area contributed by atoms with Crippen LogP contribution in [0.25, 0.3) is 11.0 Å². The molecule has 0 saturated heterocycles. The third kappa shape index (κ3) is 4.09. The summed E-state index contributed by atoms with van der Waals surface area (Å²) in [4.78, 5) is 18.2. The second-order valence-electron chi connectivity index (χ2n) is 8.17. The number of methoxy groups -OCH3 is 1. The second kappa shape index (κ2) is 8.50. The maximum absolute atomic E-state index is 13.6. The third-order valence-electron chi connectivity index (χ3n) is 5.95. The van der Waals surface area contributed by atoms with Crippen LogP contribution in [0.2, 0.25) is 0 Å². The molecular weight excluding hydrogens is 457 g/mol. The van der Waals surface area contributed by atoms with Crippen LogP contribution in [-0.2, 0) is 11.0 Å². The van der Waals surface area contributed by atoms with Gasteiger partial charge in [0.25, 0.3) is 5.91 Å². The highest BCUT2D eigenvalue weighted by Crippen LogP contribution is 2.40. The molecular formula is C26H21F3N4O2. The number of anilines is 2. The molecule has 0 radical (unpaired) electrons. The van der Waals surface area contributed by atoms with Gasteiger partial charge >= 0.3 is 6.18 Å². The Morgan fingerprint density at radius 2 is 1.80 bits per heavy atom. The standard InChI is InChI=1S/C26H21F3N4O2/c1-15-22(24(34)31-18-7-5-6-17(14-18)26(27,28)29)23(16-10-12-19(35-2)13-11-16)33-21-9-4-3-8-20(21)32-25(33)30-15/h3-14,23H,1-2H3,(H,30,32)(H,31,34)/t23-/m1/s1. The number of benzene rings is 3. The summed E-state index contributed by atoms with van der Waals surface area (Å²) in [7, 11) is 1.57. The van der Waals surface area contributed by atoms with Gasteiger partial charge in [-0.05, 0) is 55.0 Å². The normalized spacial score (nSPS) is 15.5. The van der Waals surface area contributed by atoms with Crippen LogP contribution in [0.4, 0.5) is 24.8 Å². The number of carbonyl (C=O) groups is 1. The van der Waals surface area contributed by atoms with E-state index < -0.39 is 23.7 Å². The van der Waals surface area contributed by atoms with Crippen molar-refractivity contribution < 1.29 is 22.7 Å². The number of rotatable bonds is 4. The van der Waals surface area contributed by atoms with Crippen LogP contribution in [0.3, 0.4) is 0 Å². The van der Waals surface area contributed by atoms with Gasteiger partial charge in [-0.3, -0.25) is 9.36 Å². The predicted octanol–water partition coefficient (Wildman–Crippen LogP) is 5.99. The Bertz CT molecular complexity index is 1460. The van der Waals surface area contributed by atoms with Crippen LogP contribution in [0, 0.1) is 0 Å². The van der Waals surface area contributed by atoms with Gasteiger partial charge in [0.15, 0.2) is 0 Å². The van der Waals surface area contributed by atoms with E-state index in [4.69, 9.17) is 4.74 Å². The summed E-state index contributed by atoms with van der Waals surface area (Å²) in [6, 6.07) is 18.9. The Morgan fingerprint density at radius 1 is 1.06 bits per heavy atom. The number of nitrogens with zero attached hydrogens (tertiary/aromatic N) is 2. The Kier molecular flexibility index (Phi) is 5.47. The molecule has 35 heavy (non-hydrogen) atoms. The second-order valence-corrected chi connectivity index (χ2v) is 8.17. The lowest BCUT2D eigenvalue weighted by atomic mass is 9.94. The maximum atomic E-state index is 13.6. The number of nitrogens with one attached hydrogen (secondary N) is 2. The average molecular weight is 478 g/mol. The van der Waals surface area contributed by atoms with Gasteiger partial charge in [-0.1, -0.05) is 30.3 Å². The zero-order chi connectivity index (χ0) is 24.7. The van der Waals surface area contributed by atoms with Gasteiger partial charge in [0.05, 0.1) is 35.3 Å². The topological polar surface area (TPSA) is 68.2 Å². The molecule has 2 N–H and O–H groups in total. The van der Waals surface area contributed by atoms with Crippen molar-refractivity contribution in [3.8, 4) is 5.75 Å². The highest BCUT2D eigenvalue weighted by atomic mass is 19.4. The van der Waals surface area contributed by atoms with E-state index in [1.165, 1.54) is 12.1 Å². The van der Waals surface area contributed by atoms with Gasteiger partial charge in [-0.15, -0.1) is 0 Å². The SMILES string of the molecule is COc1ccc([C@@H]2C(C(=O)Nc3cccc(C(F)(F)F)c3)=C(C)Nc3nc4ccccc4n32)cc1. The number of fused-ring (bicyclic) bond motifs is 3. The number of halogens is 3. The summed E-state index contributed by atoms with van der Waals surface area (Å²) < 4.78 is 46.8. The minimum atomic E-state index is -4.52. The Balaban J connectivity index is 1.61. The number of hydrogen-bond donors (Lipinski definition) is 2. The quantitative estimate of drug-likeness (QED) is 0.378. The van der Waals surface area contributed by atoms with E-state index in [1.54, 1.807) is 26.2 Å². The molecule has 0 spiro atoms. The molecule has 2 heterocycles.